The Hall–Kier alpha value is -3.56. The maximum atomic E-state index is 13.2. The molecule has 0 spiro atoms. The van der Waals surface area contributed by atoms with E-state index < -0.39 is 23.8 Å². The number of hydrogen-bond donors (Lipinski definition) is 0. The predicted octanol–water partition coefficient (Wildman–Crippen LogP) is 1.13. The first-order chi connectivity index (χ1) is 19.8. The number of esters is 2. The van der Waals surface area contributed by atoms with E-state index in [2.05, 4.69) is 0 Å². The van der Waals surface area contributed by atoms with Crippen LogP contribution in [0, 0.1) is 71.0 Å². The van der Waals surface area contributed by atoms with Crippen molar-refractivity contribution >= 4 is 35.6 Å². The largest absolute Gasteiger partial charge is 0.464 e. The summed E-state index contributed by atoms with van der Waals surface area (Å²) in [6.45, 7) is -0.204. The van der Waals surface area contributed by atoms with Gasteiger partial charge in [0.2, 0.25) is 23.6 Å². The molecule has 6 aliphatic carbocycles. The van der Waals surface area contributed by atoms with E-state index in [9.17, 15) is 28.8 Å². The SMILES string of the molecule is O=C(OCCN1C(=O)[C@@H]2[C@H](C1=O)[C@H]1C=C[C@H]2C1)[C@@H]1[C@H](C(=O)OCCN2C(=O)[C@H]3[C@H](C2=O)[C@H]2C=C[C@@H]3C2)[C@H]2C=C[C@H]1C2. The van der Waals surface area contributed by atoms with Gasteiger partial charge >= 0.3 is 11.9 Å². The monoisotopic (exact) mass is 560 g/mol. The molecular formula is C31H32N2O8. The number of carbonyl (C=O) groups excluding carboxylic acids is 6. The smallest absolute Gasteiger partial charge is 0.310 e. The van der Waals surface area contributed by atoms with Gasteiger partial charge in [-0.2, -0.15) is 0 Å². The van der Waals surface area contributed by atoms with Crippen molar-refractivity contribution in [2.45, 2.75) is 19.3 Å². The van der Waals surface area contributed by atoms with Crippen LogP contribution in [0.2, 0.25) is 0 Å². The van der Waals surface area contributed by atoms with Gasteiger partial charge in [-0.25, -0.2) is 0 Å². The first kappa shape index (κ1) is 25.2. The summed E-state index contributed by atoms with van der Waals surface area (Å²) in [6, 6.07) is 0. The van der Waals surface area contributed by atoms with Gasteiger partial charge in [0, 0.05) is 0 Å². The van der Waals surface area contributed by atoms with Crippen LogP contribution >= 0.6 is 0 Å². The topological polar surface area (TPSA) is 127 Å². The summed E-state index contributed by atoms with van der Waals surface area (Å²) in [6.07, 6.45) is 14.4. The molecule has 3 saturated carbocycles. The molecule has 0 aromatic rings. The van der Waals surface area contributed by atoms with Crippen LogP contribution in [0.4, 0.5) is 0 Å². The Morgan fingerprint density at radius 2 is 0.829 bits per heavy atom. The highest BCUT2D eigenvalue weighted by atomic mass is 16.5. The van der Waals surface area contributed by atoms with Crippen molar-refractivity contribution in [3.8, 4) is 0 Å². The Morgan fingerprint density at radius 1 is 0.537 bits per heavy atom. The fourth-order valence-corrected chi connectivity index (χ4v) is 9.50. The number of rotatable bonds is 8. The second kappa shape index (κ2) is 8.97. The number of amides is 4. The van der Waals surface area contributed by atoms with Crippen molar-refractivity contribution < 1.29 is 38.2 Å². The Kier molecular flexibility index (Phi) is 5.51. The van der Waals surface area contributed by atoms with Gasteiger partial charge in [0.1, 0.15) is 13.2 Å². The number of ether oxygens (including phenoxy) is 2. The molecule has 10 heteroatoms. The predicted molar refractivity (Wildman–Crippen MR) is 139 cm³/mol. The number of likely N-dealkylation sites (tertiary alicyclic amines) is 2. The standard InChI is InChI=1S/C31H32N2O8/c34-26-20-14-1-2-15(11-14)21(20)27(35)32(26)7-9-40-30(38)24-18-5-6-19(13-18)25(24)31(39)41-10-8-33-28(36)22-16-3-4-17(12-16)23(22)29(33)37/h1-6,14-25H,7-13H2/t14-,15-,16-,17+,18-,19-,20-,21+,22+,23+,24-,25+/m0/s1. The third-order valence-electron chi connectivity index (χ3n) is 11.2. The number of fused-ring (bicyclic) bond motifs is 12. The maximum Gasteiger partial charge on any atom is 0.310 e. The molecule has 8 aliphatic rings. The normalized spacial score (nSPS) is 43.7. The molecule has 5 fully saturated rings. The van der Waals surface area contributed by atoms with Crippen molar-refractivity contribution in [2.24, 2.45) is 71.0 Å². The molecule has 214 valence electrons. The zero-order valence-corrected chi connectivity index (χ0v) is 22.5. The minimum atomic E-state index is -0.710. The van der Waals surface area contributed by atoms with E-state index in [4.69, 9.17) is 9.47 Å². The lowest BCUT2D eigenvalue weighted by molar-refractivity contribution is -0.162. The molecule has 8 rings (SSSR count). The molecule has 0 N–H and O–H groups in total. The highest BCUT2D eigenvalue weighted by Crippen LogP contribution is 2.54. The van der Waals surface area contributed by atoms with Gasteiger partial charge in [-0.1, -0.05) is 36.5 Å². The minimum absolute atomic E-state index is 0.0126. The number of hydrogen-bond acceptors (Lipinski definition) is 8. The molecule has 4 amide bonds. The van der Waals surface area contributed by atoms with E-state index >= 15 is 0 Å². The third-order valence-corrected chi connectivity index (χ3v) is 11.2. The molecule has 41 heavy (non-hydrogen) atoms. The van der Waals surface area contributed by atoms with Crippen LogP contribution in [0.15, 0.2) is 36.5 Å². The summed E-state index contributed by atoms with van der Waals surface area (Å²) in [5.74, 6) is -4.20. The fraction of sp³-hybridized carbons (Fsp3) is 0.613. The lowest BCUT2D eigenvalue weighted by Gasteiger charge is -2.26. The van der Waals surface area contributed by atoms with E-state index in [1.165, 1.54) is 9.80 Å². The number of carbonyl (C=O) groups is 6. The minimum Gasteiger partial charge on any atom is -0.464 e. The first-order valence-electron chi connectivity index (χ1n) is 14.9. The second-order valence-electron chi connectivity index (χ2n) is 13.0. The zero-order chi connectivity index (χ0) is 28.2. The summed E-state index contributed by atoms with van der Waals surface area (Å²) in [5, 5.41) is 0. The molecule has 6 bridgehead atoms. The van der Waals surface area contributed by atoms with Gasteiger partial charge in [-0.3, -0.25) is 38.6 Å². The van der Waals surface area contributed by atoms with E-state index in [0.717, 1.165) is 12.8 Å². The van der Waals surface area contributed by atoms with Crippen molar-refractivity contribution in [3.63, 3.8) is 0 Å². The van der Waals surface area contributed by atoms with Crippen LogP contribution in [-0.4, -0.2) is 71.7 Å². The summed E-state index contributed by atoms with van der Waals surface area (Å²) in [5.41, 5.74) is 0. The van der Waals surface area contributed by atoms with Gasteiger partial charge in [0.05, 0.1) is 48.6 Å². The van der Waals surface area contributed by atoms with Crippen molar-refractivity contribution in [1.82, 2.24) is 9.80 Å². The van der Waals surface area contributed by atoms with Crippen molar-refractivity contribution in [2.75, 3.05) is 26.3 Å². The molecule has 0 aromatic carbocycles. The molecule has 0 radical (unpaired) electrons. The molecule has 0 aromatic heterocycles. The molecule has 12 atom stereocenters. The van der Waals surface area contributed by atoms with Crippen molar-refractivity contribution in [3.05, 3.63) is 36.5 Å². The van der Waals surface area contributed by atoms with Crippen LogP contribution in [0.1, 0.15) is 19.3 Å². The first-order valence-corrected chi connectivity index (χ1v) is 14.9. The fourth-order valence-electron chi connectivity index (χ4n) is 9.50. The van der Waals surface area contributed by atoms with E-state index in [-0.39, 0.29) is 109 Å². The number of nitrogens with zero attached hydrogens (tertiary/aromatic N) is 2. The van der Waals surface area contributed by atoms with Crippen molar-refractivity contribution in [1.29, 1.82) is 0 Å². The Morgan fingerprint density at radius 3 is 1.17 bits per heavy atom. The third kappa shape index (κ3) is 3.48. The highest BCUT2D eigenvalue weighted by Gasteiger charge is 2.60. The van der Waals surface area contributed by atoms with Crippen LogP contribution in [0.25, 0.3) is 0 Å². The quantitative estimate of drug-likeness (QED) is 0.246. The van der Waals surface area contributed by atoms with Crippen LogP contribution in [0.5, 0.6) is 0 Å². The van der Waals surface area contributed by atoms with Gasteiger partial charge in [0.25, 0.3) is 0 Å². The summed E-state index contributed by atoms with van der Waals surface area (Å²) < 4.78 is 11.1. The Labute approximate surface area is 236 Å². The van der Waals surface area contributed by atoms with Gasteiger partial charge < -0.3 is 9.47 Å². The van der Waals surface area contributed by atoms with E-state index in [1.54, 1.807) is 0 Å². The number of imide groups is 2. The van der Waals surface area contributed by atoms with Gasteiger partial charge in [-0.15, -0.1) is 0 Å². The Balaban J connectivity index is 0.856. The lowest BCUT2D eigenvalue weighted by Crippen LogP contribution is -2.40. The lowest BCUT2D eigenvalue weighted by atomic mass is 9.83. The molecule has 2 aliphatic heterocycles. The average Bonchev–Trinajstić information content (AvgIpc) is 3.82. The Bertz CT molecular complexity index is 1210. The van der Waals surface area contributed by atoms with E-state index in [1.807, 2.05) is 36.5 Å². The average molecular weight is 561 g/mol. The van der Waals surface area contributed by atoms with Gasteiger partial charge in [-0.05, 0) is 54.8 Å². The molecule has 2 saturated heterocycles. The summed E-state index contributed by atoms with van der Waals surface area (Å²) in [4.78, 5) is 80.4. The molecule has 2 heterocycles. The van der Waals surface area contributed by atoms with Crippen LogP contribution < -0.4 is 0 Å². The highest BCUT2D eigenvalue weighted by molar-refractivity contribution is 6.07. The number of allylic oxidation sites excluding steroid dienone is 6. The molecule has 10 nitrogen and oxygen atoms in total. The molecule has 0 unspecified atom stereocenters. The molecular weight excluding hydrogens is 528 g/mol. The van der Waals surface area contributed by atoms with Gasteiger partial charge in [0.15, 0.2) is 0 Å². The van der Waals surface area contributed by atoms with Crippen LogP contribution in [0.3, 0.4) is 0 Å². The van der Waals surface area contributed by atoms with E-state index in [0.29, 0.717) is 6.42 Å². The maximum absolute atomic E-state index is 13.2. The zero-order valence-electron chi connectivity index (χ0n) is 22.5. The second-order valence-corrected chi connectivity index (χ2v) is 13.0. The van der Waals surface area contributed by atoms with Crippen LogP contribution in [-0.2, 0) is 38.2 Å². The summed E-state index contributed by atoms with van der Waals surface area (Å²) in [7, 11) is 0. The summed E-state index contributed by atoms with van der Waals surface area (Å²) >= 11 is 0.